The fourth-order valence-electron chi connectivity index (χ4n) is 0.754. The minimum atomic E-state index is 0.616. The van der Waals surface area contributed by atoms with Crippen LogP contribution in [0, 0.1) is 12.3 Å². The molecule has 0 aliphatic rings. The number of rotatable bonds is 2. The summed E-state index contributed by atoms with van der Waals surface area (Å²) in [5.41, 5.74) is 1.04. The van der Waals surface area contributed by atoms with Gasteiger partial charge in [-0.2, -0.15) is 0 Å². The summed E-state index contributed by atoms with van der Waals surface area (Å²) in [7, 11) is 1.59. The molecule has 1 aromatic heterocycles. The van der Waals surface area contributed by atoms with Gasteiger partial charge in [-0.05, 0) is 5.56 Å². The van der Waals surface area contributed by atoms with E-state index >= 15 is 0 Å². The van der Waals surface area contributed by atoms with Gasteiger partial charge in [-0.3, -0.25) is 0 Å². The first-order valence-corrected chi connectivity index (χ1v) is 3.29. The van der Waals surface area contributed by atoms with Crippen LogP contribution in [0.2, 0.25) is 0 Å². The van der Waals surface area contributed by atoms with Crippen molar-refractivity contribution >= 4 is 0 Å². The Kier molecular flexibility index (Phi) is 2.51. The molecule has 56 valence electrons. The number of methoxy groups -OCH3 is 1. The Morgan fingerprint density at radius 2 is 2.45 bits per heavy atom. The Hall–Kier alpha value is -1.49. The van der Waals surface area contributed by atoms with Gasteiger partial charge in [0.25, 0.3) is 0 Å². The van der Waals surface area contributed by atoms with Crippen LogP contribution in [0.5, 0.6) is 5.88 Å². The molecule has 0 unspecified atom stereocenters. The van der Waals surface area contributed by atoms with Crippen LogP contribution in [0.4, 0.5) is 0 Å². The molecule has 1 heterocycles. The van der Waals surface area contributed by atoms with Crippen molar-refractivity contribution in [1.29, 1.82) is 0 Å². The predicted molar refractivity (Wildman–Crippen MR) is 43.3 cm³/mol. The third-order valence-corrected chi connectivity index (χ3v) is 1.31. The summed E-state index contributed by atoms with van der Waals surface area (Å²) >= 11 is 0. The molecule has 0 spiro atoms. The number of aromatic nitrogens is 1. The highest BCUT2D eigenvalue weighted by Crippen LogP contribution is 2.06. The van der Waals surface area contributed by atoms with Crippen LogP contribution in [0.3, 0.4) is 0 Å². The van der Waals surface area contributed by atoms with Crippen molar-refractivity contribution in [2.45, 2.75) is 6.42 Å². The molecular weight excluding hydrogens is 138 g/mol. The quantitative estimate of drug-likeness (QED) is 0.587. The summed E-state index contributed by atoms with van der Waals surface area (Å²) < 4.78 is 4.88. The minimum absolute atomic E-state index is 0.616. The number of pyridine rings is 1. The molecule has 0 N–H and O–H groups in total. The second kappa shape index (κ2) is 3.62. The molecular formula is C9H9NO. The second-order valence-electron chi connectivity index (χ2n) is 2.09. The zero-order chi connectivity index (χ0) is 8.10. The van der Waals surface area contributed by atoms with Gasteiger partial charge in [-0.1, -0.05) is 6.07 Å². The molecule has 0 saturated heterocycles. The largest absolute Gasteiger partial charge is 0.481 e. The molecule has 0 radical (unpaired) electrons. The van der Waals surface area contributed by atoms with Gasteiger partial charge in [0.15, 0.2) is 0 Å². The summed E-state index contributed by atoms with van der Waals surface area (Å²) in [4.78, 5) is 4.00. The molecule has 0 fully saturated rings. The van der Waals surface area contributed by atoms with Crippen LogP contribution < -0.4 is 4.74 Å². The number of hydrogen-bond acceptors (Lipinski definition) is 2. The van der Waals surface area contributed by atoms with E-state index in [0.717, 1.165) is 5.56 Å². The zero-order valence-corrected chi connectivity index (χ0v) is 6.37. The van der Waals surface area contributed by atoms with Gasteiger partial charge in [-0.15, -0.1) is 12.3 Å². The second-order valence-corrected chi connectivity index (χ2v) is 2.09. The molecule has 0 saturated carbocycles. The summed E-state index contributed by atoms with van der Waals surface area (Å²) in [5, 5.41) is 0. The van der Waals surface area contributed by atoms with E-state index in [0.29, 0.717) is 12.3 Å². The van der Waals surface area contributed by atoms with E-state index in [1.807, 2.05) is 6.07 Å². The predicted octanol–water partition coefficient (Wildman–Crippen LogP) is 1.27. The first kappa shape index (κ1) is 7.62. The normalized spacial score (nSPS) is 8.73. The van der Waals surface area contributed by atoms with Gasteiger partial charge < -0.3 is 4.74 Å². The van der Waals surface area contributed by atoms with E-state index in [1.54, 1.807) is 19.4 Å². The van der Waals surface area contributed by atoms with Crippen molar-refractivity contribution in [3.63, 3.8) is 0 Å². The van der Waals surface area contributed by atoms with Gasteiger partial charge in [-0.25, -0.2) is 4.98 Å². The Bertz CT molecular complexity index is 258. The lowest BCUT2D eigenvalue weighted by molar-refractivity contribution is 0.397. The average Bonchev–Trinajstić information content (AvgIpc) is 2.07. The van der Waals surface area contributed by atoms with Gasteiger partial charge >= 0.3 is 0 Å². The Morgan fingerprint density at radius 3 is 2.91 bits per heavy atom. The molecule has 0 aliphatic carbocycles. The van der Waals surface area contributed by atoms with Crippen molar-refractivity contribution < 1.29 is 4.74 Å². The molecule has 0 atom stereocenters. The Balaban J connectivity index is 2.76. The third-order valence-electron chi connectivity index (χ3n) is 1.31. The highest BCUT2D eigenvalue weighted by atomic mass is 16.5. The molecule has 0 aromatic carbocycles. The maximum absolute atomic E-state index is 5.12. The number of terminal acetylenes is 1. The van der Waals surface area contributed by atoms with Crippen molar-refractivity contribution in [1.82, 2.24) is 4.98 Å². The van der Waals surface area contributed by atoms with Crippen molar-refractivity contribution in [2.75, 3.05) is 7.11 Å². The van der Waals surface area contributed by atoms with E-state index < -0.39 is 0 Å². The van der Waals surface area contributed by atoms with Crippen LogP contribution in [-0.4, -0.2) is 12.1 Å². The van der Waals surface area contributed by atoms with Crippen molar-refractivity contribution in [3.8, 4) is 18.2 Å². The number of ether oxygens (including phenoxy) is 1. The van der Waals surface area contributed by atoms with Crippen LogP contribution in [0.1, 0.15) is 5.56 Å². The van der Waals surface area contributed by atoms with Gasteiger partial charge in [0.2, 0.25) is 5.88 Å². The molecule has 2 nitrogen and oxygen atoms in total. The van der Waals surface area contributed by atoms with Crippen LogP contribution in [-0.2, 0) is 6.42 Å². The molecule has 11 heavy (non-hydrogen) atoms. The molecule has 2 heteroatoms. The lowest BCUT2D eigenvalue weighted by Gasteiger charge is -1.97. The van der Waals surface area contributed by atoms with Crippen LogP contribution >= 0.6 is 0 Å². The highest BCUT2D eigenvalue weighted by Gasteiger charge is 1.91. The van der Waals surface area contributed by atoms with Gasteiger partial charge in [0.05, 0.1) is 7.11 Å². The average molecular weight is 147 g/mol. The lowest BCUT2D eigenvalue weighted by Crippen LogP contribution is -1.88. The van der Waals surface area contributed by atoms with E-state index in [4.69, 9.17) is 11.2 Å². The molecule has 0 amide bonds. The number of nitrogens with zero attached hydrogens (tertiary/aromatic N) is 1. The molecule has 1 aromatic rings. The van der Waals surface area contributed by atoms with E-state index in [9.17, 15) is 0 Å². The van der Waals surface area contributed by atoms with Crippen LogP contribution in [0.25, 0.3) is 0 Å². The van der Waals surface area contributed by atoms with E-state index in [-0.39, 0.29) is 0 Å². The van der Waals surface area contributed by atoms with E-state index in [1.165, 1.54) is 0 Å². The summed E-state index contributed by atoms with van der Waals surface area (Å²) in [6.45, 7) is 0. The third kappa shape index (κ3) is 1.98. The number of hydrogen-bond donors (Lipinski definition) is 0. The minimum Gasteiger partial charge on any atom is -0.481 e. The first-order valence-electron chi connectivity index (χ1n) is 3.29. The van der Waals surface area contributed by atoms with E-state index in [2.05, 4.69) is 10.9 Å². The molecule has 0 bridgehead atoms. The lowest BCUT2D eigenvalue weighted by atomic mass is 10.2. The van der Waals surface area contributed by atoms with Crippen LogP contribution in [0.15, 0.2) is 18.3 Å². The summed E-state index contributed by atoms with van der Waals surface area (Å²) in [6, 6.07) is 3.71. The SMILES string of the molecule is C#CCc1ccc(OC)nc1. The maximum atomic E-state index is 5.12. The highest BCUT2D eigenvalue weighted by molar-refractivity contribution is 5.20. The van der Waals surface area contributed by atoms with Gasteiger partial charge in [0, 0.05) is 18.7 Å². The van der Waals surface area contributed by atoms with Gasteiger partial charge in [0.1, 0.15) is 0 Å². The van der Waals surface area contributed by atoms with Crippen molar-refractivity contribution in [2.24, 2.45) is 0 Å². The topological polar surface area (TPSA) is 22.1 Å². The monoisotopic (exact) mass is 147 g/mol. The zero-order valence-electron chi connectivity index (χ0n) is 6.37. The summed E-state index contributed by atoms with van der Waals surface area (Å²) in [6.07, 6.45) is 7.47. The standard InChI is InChI=1S/C9H9NO/c1-3-4-8-5-6-9(11-2)10-7-8/h1,5-7H,4H2,2H3. The maximum Gasteiger partial charge on any atom is 0.212 e. The Labute approximate surface area is 66.2 Å². The Morgan fingerprint density at radius 1 is 1.64 bits per heavy atom. The molecule has 0 aliphatic heterocycles. The summed E-state index contributed by atoms with van der Waals surface area (Å²) in [5.74, 6) is 3.16. The smallest absolute Gasteiger partial charge is 0.212 e. The fraction of sp³-hybridized carbons (Fsp3) is 0.222. The molecule has 1 rings (SSSR count). The first-order chi connectivity index (χ1) is 5.36. The fourth-order valence-corrected chi connectivity index (χ4v) is 0.754. The van der Waals surface area contributed by atoms with Crippen molar-refractivity contribution in [3.05, 3.63) is 23.9 Å².